The van der Waals surface area contributed by atoms with Gasteiger partial charge in [0.25, 0.3) is 0 Å². The Morgan fingerprint density at radius 3 is 2.52 bits per heavy atom. The van der Waals surface area contributed by atoms with Crippen molar-refractivity contribution in [2.24, 2.45) is 0 Å². The van der Waals surface area contributed by atoms with Crippen LogP contribution in [0.15, 0.2) is 0 Å². The van der Waals surface area contributed by atoms with Gasteiger partial charge in [-0.3, -0.25) is 9.69 Å². The molecule has 0 saturated carbocycles. The molecular formula is C16H27N3OS. The Bertz CT molecular complexity index is 464. The molecule has 1 saturated heterocycles. The third-order valence-corrected chi connectivity index (χ3v) is 5.35. The van der Waals surface area contributed by atoms with Crippen LogP contribution in [0.1, 0.15) is 48.2 Å². The van der Waals surface area contributed by atoms with Crippen molar-refractivity contribution in [2.45, 2.75) is 58.9 Å². The van der Waals surface area contributed by atoms with Gasteiger partial charge in [-0.1, -0.05) is 12.8 Å². The quantitative estimate of drug-likeness (QED) is 0.909. The van der Waals surface area contributed by atoms with Crippen molar-refractivity contribution in [3.63, 3.8) is 0 Å². The Kier molecular flexibility index (Phi) is 6.18. The molecule has 2 heterocycles. The molecule has 0 spiro atoms. The predicted octanol–water partition coefficient (Wildman–Crippen LogP) is 2.68. The largest absolute Gasteiger partial charge is 0.354 e. The van der Waals surface area contributed by atoms with Gasteiger partial charge in [0.15, 0.2) is 0 Å². The fourth-order valence-electron chi connectivity index (χ4n) is 2.90. The van der Waals surface area contributed by atoms with Gasteiger partial charge in [0.1, 0.15) is 0 Å². The number of nitrogens with one attached hydrogen (secondary N) is 1. The number of amides is 1. The second-order valence-electron chi connectivity index (χ2n) is 5.91. The Morgan fingerprint density at radius 1 is 1.29 bits per heavy atom. The third-order valence-electron chi connectivity index (χ3n) is 4.22. The maximum atomic E-state index is 12.3. The fraction of sp³-hybridized carbons (Fsp3) is 0.750. The summed E-state index contributed by atoms with van der Waals surface area (Å²) in [5.74, 6) is 0.163. The summed E-state index contributed by atoms with van der Waals surface area (Å²) in [6.07, 6.45) is 5.92. The lowest BCUT2D eigenvalue weighted by Gasteiger charge is -2.26. The molecule has 0 aliphatic carbocycles. The molecule has 0 radical (unpaired) electrons. The molecule has 1 unspecified atom stereocenters. The van der Waals surface area contributed by atoms with Crippen LogP contribution in [0.4, 0.5) is 0 Å². The number of hydrogen-bond acceptors (Lipinski definition) is 4. The minimum atomic E-state index is -0.00704. The summed E-state index contributed by atoms with van der Waals surface area (Å²) in [5.41, 5.74) is 1.10. The highest BCUT2D eigenvalue weighted by atomic mass is 32.1. The number of carbonyl (C=O) groups excluding carboxylic acids is 1. The topological polar surface area (TPSA) is 45.2 Å². The maximum Gasteiger partial charge on any atom is 0.237 e. The molecule has 1 atom stereocenters. The monoisotopic (exact) mass is 309 g/mol. The molecule has 1 amide bonds. The summed E-state index contributed by atoms with van der Waals surface area (Å²) < 4.78 is 0. The highest BCUT2D eigenvalue weighted by Crippen LogP contribution is 2.17. The van der Waals surface area contributed by atoms with Gasteiger partial charge in [0.2, 0.25) is 5.91 Å². The first-order valence-electron chi connectivity index (χ1n) is 8.02. The van der Waals surface area contributed by atoms with Crippen molar-refractivity contribution in [3.8, 4) is 0 Å². The van der Waals surface area contributed by atoms with Crippen molar-refractivity contribution in [1.29, 1.82) is 0 Å². The number of thiazole rings is 1. The van der Waals surface area contributed by atoms with Crippen LogP contribution in [0.3, 0.4) is 0 Å². The van der Waals surface area contributed by atoms with Crippen LogP contribution in [0.2, 0.25) is 0 Å². The molecule has 0 aromatic carbocycles. The number of carbonyl (C=O) groups is 1. The predicted molar refractivity (Wildman–Crippen MR) is 87.8 cm³/mol. The van der Waals surface area contributed by atoms with Crippen molar-refractivity contribution in [2.75, 3.05) is 19.6 Å². The molecule has 21 heavy (non-hydrogen) atoms. The van der Waals surface area contributed by atoms with Gasteiger partial charge in [-0.2, -0.15) is 0 Å². The number of nitrogens with zero attached hydrogens (tertiary/aromatic N) is 2. The summed E-state index contributed by atoms with van der Waals surface area (Å²) >= 11 is 1.73. The van der Waals surface area contributed by atoms with E-state index in [2.05, 4.69) is 15.2 Å². The van der Waals surface area contributed by atoms with Gasteiger partial charge in [0, 0.05) is 17.8 Å². The molecule has 5 heteroatoms. The van der Waals surface area contributed by atoms with E-state index in [9.17, 15) is 4.79 Å². The highest BCUT2D eigenvalue weighted by Gasteiger charge is 2.21. The molecule has 1 aromatic heterocycles. The summed E-state index contributed by atoms with van der Waals surface area (Å²) in [4.78, 5) is 20.3. The van der Waals surface area contributed by atoms with E-state index in [-0.39, 0.29) is 11.9 Å². The van der Waals surface area contributed by atoms with E-state index in [4.69, 9.17) is 0 Å². The first kappa shape index (κ1) is 16.4. The Labute approximate surface area is 132 Å². The summed E-state index contributed by atoms with van der Waals surface area (Å²) in [6, 6.07) is -0.00704. The highest BCUT2D eigenvalue weighted by molar-refractivity contribution is 7.11. The van der Waals surface area contributed by atoms with Crippen LogP contribution >= 0.6 is 11.3 Å². The van der Waals surface area contributed by atoms with Crippen LogP contribution in [0, 0.1) is 13.8 Å². The zero-order valence-corrected chi connectivity index (χ0v) is 14.3. The molecule has 4 nitrogen and oxygen atoms in total. The minimum absolute atomic E-state index is 0.00704. The van der Waals surface area contributed by atoms with Crippen LogP contribution in [-0.2, 0) is 11.2 Å². The van der Waals surface area contributed by atoms with E-state index < -0.39 is 0 Å². The molecule has 118 valence electrons. The van der Waals surface area contributed by atoms with Gasteiger partial charge in [-0.25, -0.2) is 4.98 Å². The summed E-state index contributed by atoms with van der Waals surface area (Å²) in [7, 11) is 0. The molecule has 1 aliphatic heterocycles. The molecule has 1 aliphatic rings. The first-order chi connectivity index (χ1) is 10.1. The van der Waals surface area contributed by atoms with E-state index in [0.717, 1.165) is 30.2 Å². The van der Waals surface area contributed by atoms with Crippen LogP contribution in [0.5, 0.6) is 0 Å². The van der Waals surface area contributed by atoms with Crippen LogP contribution in [0.25, 0.3) is 0 Å². The number of aromatic nitrogens is 1. The molecule has 0 bridgehead atoms. The molecular weight excluding hydrogens is 282 g/mol. The maximum absolute atomic E-state index is 12.3. The van der Waals surface area contributed by atoms with Gasteiger partial charge in [-0.05, 0) is 46.7 Å². The van der Waals surface area contributed by atoms with Gasteiger partial charge in [0.05, 0.1) is 16.7 Å². The zero-order chi connectivity index (χ0) is 15.2. The Balaban J connectivity index is 1.76. The number of hydrogen-bond donors (Lipinski definition) is 1. The smallest absolute Gasteiger partial charge is 0.237 e. The van der Waals surface area contributed by atoms with Crippen molar-refractivity contribution >= 4 is 17.2 Å². The molecule has 1 fully saturated rings. The summed E-state index contributed by atoms with van der Waals surface area (Å²) in [6.45, 7) is 8.92. The van der Waals surface area contributed by atoms with Crippen molar-refractivity contribution < 1.29 is 4.79 Å². The van der Waals surface area contributed by atoms with E-state index in [0.29, 0.717) is 6.54 Å². The van der Waals surface area contributed by atoms with Crippen LogP contribution < -0.4 is 5.32 Å². The van der Waals surface area contributed by atoms with Gasteiger partial charge < -0.3 is 5.32 Å². The molecule has 2 rings (SSSR count). The van der Waals surface area contributed by atoms with Gasteiger partial charge in [-0.15, -0.1) is 11.3 Å². The lowest BCUT2D eigenvalue weighted by molar-refractivity contribution is -0.125. The SMILES string of the molecule is Cc1nc(C)c(CCNC(=O)C(C)N2CCCCCC2)s1. The third kappa shape index (κ3) is 4.78. The number of likely N-dealkylation sites (tertiary alicyclic amines) is 1. The Hall–Kier alpha value is -0.940. The number of aryl methyl sites for hydroxylation is 2. The average Bonchev–Trinajstić information content (AvgIpc) is 2.68. The van der Waals surface area contributed by atoms with E-state index in [1.165, 1.54) is 30.6 Å². The Morgan fingerprint density at radius 2 is 1.95 bits per heavy atom. The normalized spacial score (nSPS) is 18.2. The zero-order valence-electron chi connectivity index (χ0n) is 13.4. The molecule has 1 N–H and O–H groups in total. The molecule has 1 aromatic rings. The van der Waals surface area contributed by atoms with Gasteiger partial charge >= 0.3 is 0 Å². The second kappa shape index (κ2) is 7.90. The second-order valence-corrected chi connectivity index (χ2v) is 7.20. The minimum Gasteiger partial charge on any atom is -0.354 e. The van der Waals surface area contributed by atoms with E-state index in [1.807, 2.05) is 20.8 Å². The standard InChI is InChI=1S/C16H27N3OS/c1-12-15(21-14(3)18-12)8-9-17-16(20)13(2)19-10-6-4-5-7-11-19/h13H,4-11H2,1-3H3,(H,17,20). The lowest BCUT2D eigenvalue weighted by Crippen LogP contribution is -2.46. The summed E-state index contributed by atoms with van der Waals surface area (Å²) in [5, 5.41) is 4.19. The lowest BCUT2D eigenvalue weighted by atomic mass is 10.2. The fourth-order valence-corrected chi connectivity index (χ4v) is 3.84. The van der Waals surface area contributed by atoms with Crippen molar-refractivity contribution in [3.05, 3.63) is 15.6 Å². The first-order valence-corrected chi connectivity index (χ1v) is 8.84. The van der Waals surface area contributed by atoms with E-state index >= 15 is 0 Å². The van der Waals surface area contributed by atoms with Crippen molar-refractivity contribution in [1.82, 2.24) is 15.2 Å². The van der Waals surface area contributed by atoms with Crippen LogP contribution in [-0.4, -0.2) is 41.5 Å². The number of rotatable bonds is 5. The van der Waals surface area contributed by atoms with E-state index in [1.54, 1.807) is 11.3 Å². The average molecular weight is 309 g/mol.